The lowest BCUT2D eigenvalue weighted by atomic mass is 10.2. The molecule has 0 spiro atoms. The van der Waals surface area contributed by atoms with E-state index < -0.39 is 15.8 Å². The van der Waals surface area contributed by atoms with E-state index in [9.17, 15) is 13.2 Å². The van der Waals surface area contributed by atoms with E-state index in [0.29, 0.717) is 28.1 Å². The second-order valence-corrected chi connectivity index (χ2v) is 6.64. The molecule has 1 aromatic carbocycles. The number of hydrogen-bond donors (Lipinski definition) is 3. The molecule has 0 radical (unpaired) electrons. The summed E-state index contributed by atoms with van der Waals surface area (Å²) in [6.07, 6.45) is 0. The first-order chi connectivity index (χ1) is 10.4. The van der Waals surface area contributed by atoms with Crippen molar-refractivity contribution in [2.75, 3.05) is 0 Å². The highest BCUT2D eigenvalue weighted by atomic mass is 32.2. The maximum atomic E-state index is 12.3. The van der Waals surface area contributed by atoms with Crippen molar-refractivity contribution in [3.8, 4) is 0 Å². The zero-order valence-corrected chi connectivity index (χ0v) is 12.7. The molecule has 2 heterocycles. The van der Waals surface area contributed by atoms with E-state index in [1.807, 2.05) is 0 Å². The molecule has 0 atom stereocenters. The van der Waals surface area contributed by atoms with E-state index in [2.05, 4.69) is 19.9 Å². The fourth-order valence-electron chi connectivity index (χ4n) is 2.30. The lowest BCUT2D eigenvalue weighted by molar-refractivity contribution is 0.555. The van der Waals surface area contributed by atoms with Crippen LogP contribution in [0.15, 0.2) is 32.3 Å². The van der Waals surface area contributed by atoms with Crippen molar-refractivity contribution in [2.45, 2.75) is 25.3 Å². The summed E-state index contributed by atoms with van der Waals surface area (Å²) in [5, 5.41) is 6.53. The van der Waals surface area contributed by atoms with Gasteiger partial charge in [-0.25, -0.2) is 17.9 Å². The molecular formula is C13H14N4O4S. The van der Waals surface area contributed by atoms with Gasteiger partial charge in [0.25, 0.3) is 0 Å². The predicted octanol–water partition coefficient (Wildman–Crippen LogP) is 0.940. The summed E-state index contributed by atoms with van der Waals surface area (Å²) in [7, 11) is -3.66. The Morgan fingerprint density at radius 3 is 2.77 bits per heavy atom. The summed E-state index contributed by atoms with van der Waals surface area (Å²) in [6.45, 7) is 3.37. The monoisotopic (exact) mass is 322 g/mol. The molecule has 3 rings (SSSR count). The minimum Gasteiger partial charge on any atom is -0.408 e. The Hall–Kier alpha value is -2.39. The number of benzene rings is 1. The lowest BCUT2D eigenvalue weighted by Crippen LogP contribution is -2.24. The first-order valence-electron chi connectivity index (χ1n) is 6.50. The van der Waals surface area contributed by atoms with Gasteiger partial charge in [0.05, 0.1) is 16.9 Å². The predicted molar refractivity (Wildman–Crippen MR) is 78.9 cm³/mol. The minimum absolute atomic E-state index is 0.0928. The molecule has 0 bridgehead atoms. The van der Waals surface area contributed by atoms with Gasteiger partial charge in [-0.05, 0) is 31.5 Å². The zero-order valence-electron chi connectivity index (χ0n) is 11.9. The van der Waals surface area contributed by atoms with Crippen LogP contribution >= 0.6 is 0 Å². The molecule has 22 heavy (non-hydrogen) atoms. The molecule has 3 aromatic rings. The summed E-state index contributed by atoms with van der Waals surface area (Å²) in [6, 6.07) is 4.97. The quantitative estimate of drug-likeness (QED) is 0.660. The van der Waals surface area contributed by atoms with E-state index in [0.717, 1.165) is 0 Å². The van der Waals surface area contributed by atoms with E-state index in [4.69, 9.17) is 4.42 Å². The van der Waals surface area contributed by atoms with Crippen LogP contribution in [0, 0.1) is 13.8 Å². The summed E-state index contributed by atoms with van der Waals surface area (Å²) in [4.78, 5) is 13.8. The van der Waals surface area contributed by atoms with Gasteiger partial charge in [-0.2, -0.15) is 5.10 Å². The van der Waals surface area contributed by atoms with Crippen molar-refractivity contribution >= 4 is 21.1 Å². The molecule has 9 heteroatoms. The van der Waals surface area contributed by atoms with Crippen LogP contribution in [0.3, 0.4) is 0 Å². The number of nitrogens with zero attached hydrogens (tertiary/aromatic N) is 1. The molecule has 0 fully saturated rings. The maximum Gasteiger partial charge on any atom is 0.417 e. The lowest BCUT2D eigenvalue weighted by Gasteiger charge is -2.07. The van der Waals surface area contributed by atoms with Crippen LogP contribution in [0.2, 0.25) is 0 Å². The summed E-state index contributed by atoms with van der Waals surface area (Å²) in [5.74, 6) is -0.544. The molecule has 0 aliphatic heterocycles. The number of hydrogen-bond acceptors (Lipinski definition) is 5. The Morgan fingerprint density at radius 1 is 1.32 bits per heavy atom. The van der Waals surface area contributed by atoms with Crippen LogP contribution in [0.25, 0.3) is 11.1 Å². The van der Waals surface area contributed by atoms with Crippen LogP contribution in [-0.4, -0.2) is 23.6 Å². The molecule has 3 N–H and O–H groups in total. The topological polar surface area (TPSA) is 121 Å². The number of aromatic nitrogens is 3. The van der Waals surface area contributed by atoms with Crippen molar-refractivity contribution in [1.29, 1.82) is 0 Å². The van der Waals surface area contributed by atoms with Gasteiger partial charge in [0.2, 0.25) is 10.0 Å². The van der Waals surface area contributed by atoms with Gasteiger partial charge in [0.15, 0.2) is 5.58 Å². The summed E-state index contributed by atoms with van der Waals surface area (Å²) < 4.78 is 32.1. The molecular weight excluding hydrogens is 308 g/mol. The number of fused-ring (bicyclic) bond motifs is 1. The Balaban J connectivity index is 1.85. The molecule has 8 nitrogen and oxygen atoms in total. The Kier molecular flexibility index (Phi) is 3.38. The molecule has 0 unspecified atom stereocenters. The first-order valence-corrected chi connectivity index (χ1v) is 7.98. The molecule has 0 amide bonds. The number of H-pyrrole nitrogens is 2. The van der Waals surface area contributed by atoms with E-state index in [-0.39, 0.29) is 11.4 Å². The van der Waals surface area contributed by atoms with Crippen molar-refractivity contribution in [3.05, 3.63) is 45.7 Å². The van der Waals surface area contributed by atoms with Crippen molar-refractivity contribution in [2.24, 2.45) is 0 Å². The molecule has 2 aromatic heterocycles. The van der Waals surface area contributed by atoms with Gasteiger partial charge in [0, 0.05) is 6.54 Å². The van der Waals surface area contributed by atoms with Crippen molar-refractivity contribution < 1.29 is 12.8 Å². The SMILES string of the molecule is Cc1n[nH]c(C)c1S(=O)(=O)NCc1ccc2oc(=O)[nH]c2c1. The van der Waals surface area contributed by atoms with Gasteiger partial charge < -0.3 is 4.42 Å². The second-order valence-electron chi connectivity index (χ2n) is 4.93. The summed E-state index contributed by atoms with van der Waals surface area (Å²) in [5.41, 5.74) is 2.56. The van der Waals surface area contributed by atoms with Gasteiger partial charge in [0.1, 0.15) is 4.90 Å². The molecule has 0 saturated carbocycles. The van der Waals surface area contributed by atoms with Gasteiger partial charge in [-0.3, -0.25) is 10.1 Å². The van der Waals surface area contributed by atoms with Crippen LogP contribution in [0.4, 0.5) is 0 Å². The highest BCUT2D eigenvalue weighted by molar-refractivity contribution is 7.89. The molecule has 0 saturated heterocycles. The fraction of sp³-hybridized carbons (Fsp3) is 0.231. The number of sulfonamides is 1. The third-order valence-corrected chi connectivity index (χ3v) is 4.94. The van der Waals surface area contributed by atoms with E-state index >= 15 is 0 Å². The Labute approximate surface area is 125 Å². The van der Waals surface area contributed by atoms with E-state index in [1.54, 1.807) is 32.0 Å². The van der Waals surface area contributed by atoms with Crippen LogP contribution < -0.4 is 10.5 Å². The van der Waals surface area contributed by atoms with Gasteiger partial charge >= 0.3 is 5.76 Å². The number of oxazole rings is 1. The highest BCUT2D eigenvalue weighted by Crippen LogP contribution is 2.17. The summed E-state index contributed by atoms with van der Waals surface area (Å²) >= 11 is 0. The van der Waals surface area contributed by atoms with Crippen LogP contribution in [0.1, 0.15) is 17.0 Å². The van der Waals surface area contributed by atoms with E-state index in [1.165, 1.54) is 0 Å². The van der Waals surface area contributed by atoms with Crippen molar-refractivity contribution in [3.63, 3.8) is 0 Å². The molecule has 0 aliphatic carbocycles. The zero-order chi connectivity index (χ0) is 15.9. The maximum absolute atomic E-state index is 12.3. The third kappa shape index (κ3) is 2.55. The third-order valence-electron chi connectivity index (χ3n) is 3.28. The average Bonchev–Trinajstić information content (AvgIpc) is 2.98. The first kappa shape index (κ1) is 14.5. The number of aryl methyl sites for hydroxylation is 2. The standard InChI is InChI=1S/C13H14N4O4S/c1-7-12(8(2)17-16-7)22(19,20)14-6-9-3-4-11-10(5-9)15-13(18)21-11/h3-5,14H,6H2,1-2H3,(H,15,18)(H,16,17). The Bertz CT molecular complexity index is 977. The highest BCUT2D eigenvalue weighted by Gasteiger charge is 2.21. The van der Waals surface area contributed by atoms with Crippen LogP contribution in [0.5, 0.6) is 0 Å². The Morgan fingerprint density at radius 2 is 2.09 bits per heavy atom. The molecule has 116 valence electrons. The largest absolute Gasteiger partial charge is 0.417 e. The second kappa shape index (κ2) is 5.11. The number of nitrogens with one attached hydrogen (secondary N) is 3. The van der Waals surface area contributed by atoms with Gasteiger partial charge in [-0.1, -0.05) is 6.07 Å². The smallest absolute Gasteiger partial charge is 0.408 e. The normalized spacial score (nSPS) is 12.1. The minimum atomic E-state index is -3.66. The average molecular weight is 322 g/mol. The fourth-order valence-corrected chi connectivity index (χ4v) is 3.68. The van der Waals surface area contributed by atoms with Crippen molar-refractivity contribution in [1.82, 2.24) is 19.9 Å². The number of rotatable bonds is 4. The van der Waals surface area contributed by atoms with Gasteiger partial charge in [-0.15, -0.1) is 0 Å². The van der Waals surface area contributed by atoms with Crippen LogP contribution in [-0.2, 0) is 16.6 Å². The molecule has 0 aliphatic rings. The number of aromatic amines is 2.